The Kier molecular flexibility index (Phi) is 5.73. The van der Waals surface area contributed by atoms with Crippen molar-refractivity contribution in [2.75, 3.05) is 0 Å². The molecule has 5 rings (SSSR count). The van der Waals surface area contributed by atoms with Gasteiger partial charge < -0.3 is 10.3 Å². The predicted molar refractivity (Wildman–Crippen MR) is 127 cm³/mol. The first-order valence-corrected chi connectivity index (χ1v) is 10.9. The number of aromatic amines is 1. The van der Waals surface area contributed by atoms with Crippen molar-refractivity contribution >= 4 is 45.0 Å². The zero-order valence-corrected chi connectivity index (χ0v) is 18.8. The van der Waals surface area contributed by atoms with Gasteiger partial charge in [-0.15, -0.1) is 0 Å². The van der Waals surface area contributed by atoms with Gasteiger partial charge in [0.1, 0.15) is 11.9 Å². The molecule has 3 aromatic heterocycles. The monoisotopic (exact) mass is 478 g/mol. The molecule has 2 N–H and O–H groups in total. The maximum atomic E-state index is 14.4. The first kappa shape index (κ1) is 21.4. The number of hydrogen-bond acceptors (Lipinski definition) is 4. The van der Waals surface area contributed by atoms with Crippen LogP contribution in [-0.4, -0.2) is 19.7 Å². The van der Waals surface area contributed by atoms with Gasteiger partial charge in [0.25, 0.3) is 0 Å². The highest BCUT2D eigenvalue weighted by Gasteiger charge is 2.12. The van der Waals surface area contributed by atoms with Crippen molar-refractivity contribution in [3.63, 3.8) is 0 Å². The fourth-order valence-electron chi connectivity index (χ4n) is 3.83. The maximum absolute atomic E-state index is 14.4. The van der Waals surface area contributed by atoms with Gasteiger partial charge in [0.2, 0.25) is 0 Å². The van der Waals surface area contributed by atoms with Crippen LogP contribution in [-0.2, 0) is 19.6 Å². The molecule has 0 aliphatic carbocycles. The van der Waals surface area contributed by atoms with E-state index in [0.717, 1.165) is 27.4 Å². The molecule has 5 aromatic rings. The average Bonchev–Trinajstić information content (AvgIpc) is 3.36. The predicted octanol–water partition coefficient (Wildman–Crippen LogP) is 5.57. The van der Waals surface area contributed by atoms with E-state index >= 15 is 0 Å². The zero-order chi connectivity index (χ0) is 22.9. The molecule has 0 aliphatic rings. The summed E-state index contributed by atoms with van der Waals surface area (Å²) in [6.45, 7) is 1.16. The number of halogens is 3. The van der Waals surface area contributed by atoms with Gasteiger partial charge in [-0.05, 0) is 35.9 Å². The molecular formula is C24H17Cl2FN6. The number of H-pyrrole nitrogens is 1. The molecule has 0 unspecified atom stereocenters. The van der Waals surface area contributed by atoms with Crippen LogP contribution in [0.5, 0.6) is 0 Å². The van der Waals surface area contributed by atoms with Gasteiger partial charge in [-0.1, -0.05) is 29.3 Å². The SMILES string of the molecule is N#Cc1nn(Cc2ccc3ncc(Cl)cc3c2)cc1CNCc1cc2c(Cl)c[nH]c2cc1F. The Morgan fingerprint density at radius 3 is 2.82 bits per heavy atom. The minimum Gasteiger partial charge on any atom is -0.360 e. The number of hydrogen-bond donors (Lipinski definition) is 2. The van der Waals surface area contributed by atoms with Crippen molar-refractivity contribution in [1.29, 1.82) is 5.26 Å². The van der Waals surface area contributed by atoms with Crippen LogP contribution in [0.15, 0.2) is 55.0 Å². The highest BCUT2D eigenvalue weighted by Crippen LogP contribution is 2.26. The van der Waals surface area contributed by atoms with Crippen LogP contribution in [0.1, 0.15) is 22.4 Å². The molecule has 0 aliphatic heterocycles. The van der Waals surface area contributed by atoms with E-state index in [1.165, 1.54) is 6.07 Å². The van der Waals surface area contributed by atoms with E-state index in [0.29, 0.717) is 39.9 Å². The van der Waals surface area contributed by atoms with Crippen LogP contribution in [0.4, 0.5) is 4.39 Å². The van der Waals surface area contributed by atoms with E-state index in [4.69, 9.17) is 23.2 Å². The molecule has 0 fully saturated rings. The Labute approximate surface area is 198 Å². The molecular weight excluding hydrogens is 462 g/mol. The van der Waals surface area contributed by atoms with E-state index in [2.05, 4.69) is 26.5 Å². The van der Waals surface area contributed by atoms with Crippen LogP contribution >= 0.6 is 23.2 Å². The number of rotatable bonds is 6. The second-order valence-electron chi connectivity index (χ2n) is 7.72. The van der Waals surface area contributed by atoms with Crippen LogP contribution in [0.25, 0.3) is 21.8 Å². The Hall–Kier alpha value is -3.44. The number of pyridine rings is 1. The van der Waals surface area contributed by atoms with Crippen molar-refractivity contribution in [2.24, 2.45) is 0 Å². The summed E-state index contributed by atoms with van der Waals surface area (Å²) in [6, 6.07) is 13.1. The number of nitriles is 1. The fourth-order valence-corrected chi connectivity index (χ4v) is 4.21. The van der Waals surface area contributed by atoms with E-state index in [1.807, 2.05) is 30.5 Å². The summed E-state index contributed by atoms with van der Waals surface area (Å²) in [5.41, 5.74) is 4.09. The van der Waals surface area contributed by atoms with Crippen LogP contribution in [0.3, 0.4) is 0 Å². The van der Waals surface area contributed by atoms with Crippen molar-refractivity contribution in [3.8, 4) is 6.07 Å². The molecule has 6 nitrogen and oxygen atoms in total. The van der Waals surface area contributed by atoms with Gasteiger partial charge in [-0.2, -0.15) is 10.4 Å². The molecule has 0 bridgehead atoms. The molecule has 0 saturated carbocycles. The highest BCUT2D eigenvalue weighted by molar-refractivity contribution is 6.35. The average molecular weight is 479 g/mol. The van der Waals surface area contributed by atoms with Gasteiger partial charge >= 0.3 is 0 Å². The van der Waals surface area contributed by atoms with E-state index in [1.54, 1.807) is 23.1 Å². The highest BCUT2D eigenvalue weighted by atomic mass is 35.5. The number of benzene rings is 2. The molecule has 0 spiro atoms. The standard InChI is InChI=1S/C24H17Cl2FN6/c25-18-4-15-3-14(1-2-22(15)30-10-18)12-33-13-17(24(7-28)32-33)9-29-8-16-5-19-20(26)11-31-23(19)6-21(16)27/h1-6,10-11,13,29,31H,8-9,12H2. The van der Waals surface area contributed by atoms with Crippen LogP contribution in [0.2, 0.25) is 10.0 Å². The van der Waals surface area contributed by atoms with Gasteiger partial charge in [0, 0.05) is 59.1 Å². The summed E-state index contributed by atoms with van der Waals surface area (Å²) in [6.07, 6.45) is 5.08. The third-order valence-electron chi connectivity index (χ3n) is 5.43. The molecule has 3 heterocycles. The Morgan fingerprint density at radius 1 is 1.12 bits per heavy atom. The molecule has 0 saturated heterocycles. The smallest absolute Gasteiger partial charge is 0.166 e. The summed E-state index contributed by atoms with van der Waals surface area (Å²) in [4.78, 5) is 7.24. The molecule has 0 atom stereocenters. The van der Waals surface area contributed by atoms with Crippen LogP contribution in [0, 0.1) is 17.1 Å². The van der Waals surface area contributed by atoms with Gasteiger partial charge in [0.05, 0.1) is 22.1 Å². The van der Waals surface area contributed by atoms with Gasteiger partial charge in [-0.3, -0.25) is 9.67 Å². The Morgan fingerprint density at radius 2 is 1.97 bits per heavy atom. The zero-order valence-electron chi connectivity index (χ0n) is 17.2. The van der Waals surface area contributed by atoms with Crippen molar-refractivity contribution in [3.05, 3.63) is 93.2 Å². The summed E-state index contributed by atoms with van der Waals surface area (Å²) >= 11 is 12.2. The second-order valence-corrected chi connectivity index (χ2v) is 8.57. The molecule has 2 aromatic carbocycles. The number of nitrogens with zero attached hydrogens (tertiary/aromatic N) is 4. The quantitative estimate of drug-likeness (QED) is 0.334. The van der Waals surface area contributed by atoms with Crippen LogP contribution < -0.4 is 5.32 Å². The molecule has 0 radical (unpaired) electrons. The third-order valence-corrected chi connectivity index (χ3v) is 5.95. The lowest BCUT2D eigenvalue weighted by molar-refractivity contribution is 0.589. The van der Waals surface area contributed by atoms with Crippen molar-refractivity contribution < 1.29 is 4.39 Å². The van der Waals surface area contributed by atoms with Gasteiger partial charge in [-0.25, -0.2) is 4.39 Å². The number of nitrogens with one attached hydrogen (secondary N) is 2. The van der Waals surface area contributed by atoms with Gasteiger partial charge in [0.15, 0.2) is 5.69 Å². The lowest BCUT2D eigenvalue weighted by Crippen LogP contribution is -2.14. The number of fused-ring (bicyclic) bond motifs is 2. The fraction of sp³-hybridized carbons (Fsp3) is 0.125. The third kappa shape index (κ3) is 4.41. The molecule has 164 valence electrons. The van der Waals surface area contributed by atoms with Crippen molar-refractivity contribution in [2.45, 2.75) is 19.6 Å². The van der Waals surface area contributed by atoms with E-state index < -0.39 is 0 Å². The second kappa shape index (κ2) is 8.83. The lowest BCUT2D eigenvalue weighted by atomic mass is 10.1. The minimum atomic E-state index is -0.324. The molecule has 0 amide bonds. The molecule has 33 heavy (non-hydrogen) atoms. The normalized spacial score (nSPS) is 11.3. The van der Waals surface area contributed by atoms with Crippen molar-refractivity contribution in [1.82, 2.24) is 25.1 Å². The summed E-state index contributed by atoms with van der Waals surface area (Å²) in [5.74, 6) is -0.324. The summed E-state index contributed by atoms with van der Waals surface area (Å²) in [7, 11) is 0. The van der Waals surface area contributed by atoms with E-state index in [9.17, 15) is 9.65 Å². The topological polar surface area (TPSA) is 82.3 Å². The minimum absolute atomic E-state index is 0.289. The maximum Gasteiger partial charge on any atom is 0.166 e. The Balaban J connectivity index is 1.30. The Bertz CT molecular complexity index is 1530. The molecule has 9 heteroatoms. The summed E-state index contributed by atoms with van der Waals surface area (Å²) < 4.78 is 16.1. The largest absolute Gasteiger partial charge is 0.360 e. The van der Waals surface area contributed by atoms with E-state index in [-0.39, 0.29) is 12.4 Å². The first-order valence-electron chi connectivity index (χ1n) is 10.2. The number of aromatic nitrogens is 4. The first-order chi connectivity index (χ1) is 16.0. The summed E-state index contributed by atoms with van der Waals surface area (Å²) in [5, 5.41) is 19.9. The lowest BCUT2D eigenvalue weighted by Gasteiger charge is -2.06.